The molecule has 0 spiro atoms. The molecule has 3 rings (SSSR count). The normalized spacial score (nSPS) is 15.4. The second-order valence-corrected chi connectivity index (χ2v) is 7.40. The number of aromatic nitrogens is 2. The minimum absolute atomic E-state index is 0.679. The lowest BCUT2D eigenvalue weighted by Gasteiger charge is -2.27. The van der Waals surface area contributed by atoms with Crippen LogP contribution in [0, 0.1) is 0 Å². The first-order valence-corrected chi connectivity index (χ1v) is 10.6. The minimum atomic E-state index is 0.679. The van der Waals surface area contributed by atoms with Gasteiger partial charge in [-0.2, -0.15) is 5.10 Å². The van der Waals surface area contributed by atoms with Gasteiger partial charge in [0.1, 0.15) is 0 Å². The molecule has 1 saturated heterocycles. The van der Waals surface area contributed by atoms with E-state index in [0.29, 0.717) is 6.54 Å². The molecule has 0 amide bonds. The Bertz CT molecular complexity index is 766. The first-order valence-electron chi connectivity index (χ1n) is 10.6. The number of nitrogens with one attached hydrogen (secondary N) is 2. The molecule has 2 N–H and O–H groups in total. The maximum absolute atomic E-state index is 5.46. The van der Waals surface area contributed by atoms with E-state index >= 15 is 0 Å². The lowest BCUT2D eigenvalue weighted by atomic mass is 10.1. The molecule has 29 heavy (non-hydrogen) atoms. The third-order valence-corrected chi connectivity index (χ3v) is 5.06. The third kappa shape index (κ3) is 7.18. The Kier molecular flexibility index (Phi) is 8.52. The smallest absolute Gasteiger partial charge is 0.191 e. The SMILES string of the molecule is CCNC(=NCc1ccccc1CN1CCOCC1)NCCCc1cnn(C)c1. The van der Waals surface area contributed by atoms with E-state index in [-0.39, 0.29) is 0 Å². The van der Waals surface area contributed by atoms with E-state index in [0.717, 1.165) is 64.7 Å². The standard InChI is InChI=1S/C22H34N6O/c1-3-23-22(24-10-6-7-19-15-26-27(2)17-19)25-16-20-8-4-5-9-21(20)18-28-11-13-29-14-12-28/h4-5,8-9,15,17H,3,6-7,10-14,16,18H2,1-2H3,(H2,23,24,25). The van der Waals surface area contributed by atoms with Crippen molar-refractivity contribution in [1.29, 1.82) is 0 Å². The van der Waals surface area contributed by atoms with Gasteiger partial charge in [0, 0.05) is 46.0 Å². The van der Waals surface area contributed by atoms with Crippen LogP contribution in [-0.2, 0) is 31.3 Å². The average molecular weight is 399 g/mol. The van der Waals surface area contributed by atoms with Crippen LogP contribution in [0.4, 0.5) is 0 Å². The van der Waals surface area contributed by atoms with E-state index in [1.807, 2.05) is 17.9 Å². The number of hydrogen-bond donors (Lipinski definition) is 2. The molecule has 7 heteroatoms. The minimum Gasteiger partial charge on any atom is -0.379 e. The number of rotatable bonds is 9. The molecular formula is C22H34N6O. The first-order chi connectivity index (χ1) is 14.2. The average Bonchev–Trinajstić information content (AvgIpc) is 3.16. The Labute approximate surface area is 174 Å². The van der Waals surface area contributed by atoms with Crippen LogP contribution in [-0.4, -0.2) is 60.0 Å². The summed E-state index contributed by atoms with van der Waals surface area (Å²) in [5, 5.41) is 11.0. The molecule has 7 nitrogen and oxygen atoms in total. The summed E-state index contributed by atoms with van der Waals surface area (Å²) < 4.78 is 7.31. The van der Waals surface area contributed by atoms with E-state index in [2.05, 4.69) is 58.0 Å². The molecule has 158 valence electrons. The highest BCUT2D eigenvalue weighted by atomic mass is 16.5. The maximum atomic E-state index is 5.46. The van der Waals surface area contributed by atoms with Crippen molar-refractivity contribution in [2.75, 3.05) is 39.4 Å². The number of hydrogen-bond acceptors (Lipinski definition) is 4. The summed E-state index contributed by atoms with van der Waals surface area (Å²) in [4.78, 5) is 7.27. The Morgan fingerprint density at radius 3 is 2.69 bits per heavy atom. The molecule has 2 heterocycles. The van der Waals surface area contributed by atoms with Gasteiger partial charge in [0.15, 0.2) is 5.96 Å². The third-order valence-electron chi connectivity index (χ3n) is 5.06. The summed E-state index contributed by atoms with van der Waals surface area (Å²) in [7, 11) is 1.95. The number of morpholine rings is 1. The van der Waals surface area contributed by atoms with Gasteiger partial charge in [-0.25, -0.2) is 4.99 Å². The number of ether oxygens (including phenoxy) is 1. The Balaban J connectivity index is 1.52. The topological polar surface area (TPSA) is 66.7 Å². The van der Waals surface area contributed by atoms with Crippen molar-refractivity contribution in [2.45, 2.75) is 32.9 Å². The number of aryl methyl sites for hydroxylation is 2. The summed E-state index contributed by atoms with van der Waals surface area (Å²) in [5.74, 6) is 0.875. The van der Waals surface area contributed by atoms with E-state index in [4.69, 9.17) is 9.73 Å². The van der Waals surface area contributed by atoms with Crippen LogP contribution in [0.1, 0.15) is 30.0 Å². The summed E-state index contributed by atoms with van der Waals surface area (Å²) >= 11 is 0. The maximum Gasteiger partial charge on any atom is 0.191 e. The van der Waals surface area contributed by atoms with Crippen LogP contribution < -0.4 is 10.6 Å². The Morgan fingerprint density at radius 2 is 1.97 bits per heavy atom. The highest BCUT2D eigenvalue weighted by molar-refractivity contribution is 5.79. The molecule has 0 aliphatic carbocycles. The van der Waals surface area contributed by atoms with Crippen LogP contribution in [0.15, 0.2) is 41.7 Å². The lowest BCUT2D eigenvalue weighted by molar-refractivity contribution is 0.0341. The van der Waals surface area contributed by atoms with Gasteiger partial charge in [-0.1, -0.05) is 24.3 Å². The van der Waals surface area contributed by atoms with Crippen molar-refractivity contribution < 1.29 is 4.74 Å². The molecule has 1 aliphatic heterocycles. The number of guanidine groups is 1. The molecule has 1 aromatic carbocycles. The fraction of sp³-hybridized carbons (Fsp3) is 0.545. The van der Waals surface area contributed by atoms with Crippen LogP contribution in [0.2, 0.25) is 0 Å². The number of nitrogens with zero attached hydrogens (tertiary/aromatic N) is 4. The van der Waals surface area contributed by atoms with Gasteiger partial charge in [0.2, 0.25) is 0 Å². The molecule has 2 aromatic rings. The van der Waals surface area contributed by atoms with Crippen molar-refractivity contribution in [3.05, 3.63) is 53.3 Å². The van der Waals surface area contributed by atoms with Gasteiger partial charge in [-0.3, -0.25) is 9.58 Å². The van der Waals surface area contributed by atoms with Gasteiger partial charge in [-0.15, -0.1) is 0 Å². The molecule has 0 saturated carbocycles. The Hall–Kier alpha value is -2.38. The summed E-state index contributed by atoms with van der Waals surface area (Å²) in [6, 6.07) is 8.62. The monoisotopic (exact) mass is 398 g/mol. The van der Waals surface area contributed by atoms with Gasteiger partial charge in [-0.05, 0) is 36.5 Å². The summed E-state index contributed by atoms with van der Waals surface area (Å²) in [6.07, 6.45) is 6.07. The molecular weight excluding hydrogens is 364 g/mol. The second kappa shape index (κ2) is 11.6. The van der Waals surface area contributed by atoms with Crippen molar-refractivity contribution >= 4 is 5.96 Å². The zero-order valence-electron chi connectivity index (χ0n) is 17.7. The molecule has 0 bridgehead atoms. The molecule has 0 unspecified atom stereocenters. The zero-order chi connectivity index (χ0) is 20.3. The van der Waals surface area contributed by atoms with Crippen LogP contribution in [0.3, 0.4) is 0 Å². The summed E-state index contributed by atoms with van der Waals surface area (Å²) in [6.45, 7) is 9.13. The fourth-order valence-electron chi connectivity index (χ4n) is 3.47. The van der Waals surface area contributed by atoms with Gasteiger partial charge in [0.25, 0.3) is 0 Å². The van der Waals surface area contributed by atoms with E-state index in [1.54, 1.807) is 0 Å². The molecule has 1 fully saturated rings. The largest absolute Gasteiger partial charge is 0.379 e. The van der Waals surface area contributed by atoms with Crippen molar-refractivity contribution in [2.24, 2.45) is 12.0 Å². The number of benzene rings is 1. The molecule has 0 atom stereocenters. The van der Waals surface area contributed by atoms with Crippen molar-refractivity contribution in [3.63, 3.8) is 0 Å². The highest BCUT2D eigenvalue weighted by Gasteiger charge is 2.12. The van der Waals surface area contributed by atoms with Crippen LogP contribution in [0.5, 0.6) is 0 Å². The Morgan fingerprint density at radius 1 is 1.17 bits per heavy atom. The molecule has 1 aliphatic rings. The molecule has 1 aromatic heterocycles. The van der Waals surface area contributed by atoms with E-state index in [9.17, 15) is 0 Å². The quantitative estimate of drug-likeness (QED) is 0.384. The van der Waals surface area contributed by atoms with Crippen LogP contribution in [0.25, 0.3) is 0 Å². The predicted molar refractivity (Wildman–Crippen MR) is 117 cm³/mol. The van der Waals surface area contributed by atoms with Crippen molar-refractivity contribution in [1.82, 2.24) is 25.3 Å². The second-order valence-electron chi connectivity index (χ2n) is 7.40. The van der Waals surface area contributed by atoms with E-state index < -0.39 is 0 Å². The zero-order valence-corrected chi connectivity index (χ0v) is 17.7. The number of aliphatic imine (C=N–C) groups is 1. The summed E-state index contributed by atoms with van der Waals surface area (Å²) in [5.41, 5.74) is 3.91. The van der Waals surface area contributed by atoms with Gasteiger partial charge >= 0.3 is 0 Å². The van der Waals surface area contributed by atoms with Gasteiger partial charge in [0.05, 0.1) is 26.0 Å². The van der Waals surface area contributed by atoms with Crippen molar-refractivity contribution in [3.8, 4) is 0 Å². The van der Waals surface area contributed by atoms with E-state index in [1.165, 1.54) is 16.7 Å². The lowest BCUT2D eigenvalue weighted by Crippen LogP contribution is -2.38. The fourth-order valence-corrected chi connectivity index (χ4v) is 3.47. The molecule has 0 radical (unpaired) electrons. The van der Waals surface area contributed by atoms with Gasteiger partial charge < -0.3 is 15.4 Å². The van der Waals surface area contributed by atoms with Crippen LogP contribution >= 0.6 is 0 Å². The predicted octanol–water partition coefficient (Wildman–Crippen LogP) is 1.94. The highest BCUT2D eigenvalue weighted by Crippen LogP contribution is 2.14. The first kappa shape index (κ1) is 21.3.